The van der Waals surface area contributed by atoms with Gasteiger partial charge >= 0.3 is 0 Å². The number of nitrogens with zero attached hydrogens (tertiary/aromatic N) is 2. The minimum Gasteiger partial charge on any atom is -0.350 e. The normalized spacial score (nSPS) is 10.9. The van der Waals surface area contributed by atoms with E-state index in [4.69, 9.17) is 0 Å². The van der Waals surface area contributed by atoms with Crippen molar-refractivity contribution in [3.8, 4) is 0 Å². The molecule has 3 rings (SSSR count). The lowest BCUT2D eigenvalue weighted by molar-refractivity contribution is 0.0947. The molecule has 0 bridgehead atoms. The number of carbonyl (C=O) groups is 1. The van der Waals surface area contributed by atoms with Gasteiger partial charge in [0.25, 0.3) is 5.91 Å². The Morgan fingerprint density at radius 2 is 2.00 bits per heavy atom. The molecule has 0 aliphatic carbocycles. The van der Waals surface area contributed by atoms with Crippen LogP contribution < -0.4 is 5.32 Å². The van der Waals surface area contributed by atoms with Crippen LogP contribution in [0.25, 0.3) is 5.65 Å². The third-order valence-corrected chi connectivity index (χ3v) is 3.75. The number of hydrogen-bond acceptors (Lipinski definition) is 2. The quantitative estimate of drug-likeness (QED) is 0.787. The van der Waals surface area contributed by atoms with Crippen molar-refractivity contribution >= 4 is 11.6 Å². The number of carbonyl (C=O) groups excluding carboxylic acids is 1. The third-order valence-electron chi connectivity index (χ3n) is 3.75. The summed E-state index contributed by atoms with van der Waals surface area (Å²) in [6.07, 6.45) is 2.66. The first-order valence-corrected chi connectivity index (χ1v) is 7.67. The minimum absolute atomic E-state index is 0.226. The highest BCUT2D eigenvalue weighted by Crippen LogP contribution is 2.14. The summed E-state index contributed by atoms with van der Waals surface area (Å²) in [4.78, 5) is 16.9. The molecule has 0 fully saturated rings. The van der Waals surface area contributed by atoms with E-state index < -0.39 is 5.82 Å². The van der Waals surface area contributed by atoms with Gasteiger partial charge in [0.1, 0.15) is 17.2 Å². The van der Waals surface area contributed by atoms with E-state index in [1.807, 2.05) is 37.3 Å². The average molecular weight is 311 g/mol. The lowest BCUT2D eigenvalue weighted by Gasteiger charge is -2.07. The molecule has 2 heterocycles. The predicted octanol–water partition coefficient (Wildman–Crippen LogP) is 3.01. The molecule has 1 aromatic carbocycles. The zero-order chi connectivity index (χ0) is 16.2. The second kappa shape index (κ2) is 6.60. The smallest absolute Gasteiger partial charge is 0.270 e. The fraction of sp³-hybridized carbons (Fsp3) is 0.222. The largest absolute Gasteiger partial charge is 0.350 e. The monoisotopic (exact) mass is 311 g/mol. The van der Waals surface area contributed by atoms with Crippen molar-refractivity contribution < 1.29 is 9.18 Å². The Kier molecular flexibility index (Phi) is 4.37. The predicted molar refractivity (Wildman–Crippen MR) is 87.0 cm³/mol. The Morgan fingerprint density at radius 3 is 2.74 bits per heavy atom. The van der Waals surface area contributed by atoms with Crippen molar-refractivity contribution in [1.29, 1.82) is 0 Å². The van der Waals surface area contributed by atoms with Gasteiger partial charge in [0.05, 0.1) is 5.69 Å². The van der Waals surface area contributed by atoms with Crippen LogP contribution in [-0.4, -0.2) is 21.8 Å². The van der Waals surface area contributed by atoms with Crippen molar-refractivity contribution in [2.45, 2.75) is 19.8 Å². The van der Waals surface area contributed by atoms with Gasteiger partial charge in [-0.2, -0.15) is 0 Å². The fourth-order valence-corrected chi connectivity index (χ4v) is 2.60. The first kappa shape index (κ1) is 15.2. The molecule has 0 radical (unpaired) electrons. The molecule has 1 N–H and O–H groups in total. The van der Waals surface area contributed by atoms with E-state index in [9.17, 15) is 9.18 Å². The topological polar surface area (TPSA) is 46.4 Å². The number of aryl methyl sites for hydroxylation is 1. The third kappa shape index (κ3) is 3.23. The zero-order valence-corrected chi connectivity index (χ0v) is 12.9. The van der Waals surface area contributed by atoms with Crippen molar-refractivity contribution in [2.75, 3.05) is 6.54 Å². The van der Waals surface area contributed by atoms with Crippen LogP contribution in [0.3, 0.4) is 0 Å². The summed E-state index contributed by atoms with van der Waals surface area (Å²) in [5, 5.41) is 2.90. The Balaban J connectivity index is 1.78. The second-order valence-electron chi connectivity index (χ2n) is 5.33. The molecule has 0 atom stereocenters. The number of pyridine rings is 1. The number of fused-ring (bicyclic) bond motifs is 1. The van der Waals surface area contributed by atoms with E-state index >= 15 is 0 Å². The first-order valence-electron chi connectivity index (χ1n) is 7.67. The number of aromatic nitrogens is 2. The first-order chi connectivity index (χ1) is 11.2. The number of halogens is 1. The van der Waals surface area contributed by atoms with Crippen LogP contribution in [0.5, 0.6) is 0 Å². The van der Waals surface area contributed by atoms with Crippen LogP contribution in [0.15, 0.2) is 48.7 Å². The molecule has 0 unspecified atom stereocenters. The van der Waals surface area contributed by atoms with Gasteiger partial charge in [0, 0.05) is 12.7 Å². The number of rotatable bonds is 5. The molecule has 23 heavy (non-hydrogen) atoms. The fourth-order valence-electron chi connectivity index (χ4n) is 2.60. The van der Waals surface area contributed by atoms with Gasteiger partial charge in [-0.05, 0) is 30.5 Å². The maximum atomic E-state index is 13.5. The summed E-state index contributed by atoms with van der Waals surface area (Å²) in [6, 6.07) is 12.9. The summed E-state index contributed by atoms with van der Waals surface area (Å²) in [5.74, 6) is -0.619. The number of amides is 1. The molecule has 0 saturated carbocycles. The van der Waals surface area contributed by atoms with E-state index in [1.165, 1.54) is 16.7 Å². The summed E-state index contributed by atoms with van der Waals surface area (Å²) in [5.41, 5.74) is 2.83. The minimum atomic E-state index is -0.393. The molecule has 3 aromatic rings. The maximum Gasteiger partial charge on any atom is 0.270 e. The van der Waals surface area contributed by atoms with Crippen molar-refractivity contribution in [3.05, 3.63) is 71.4 Å². The summed E-state index contributed by atoms with van der Waals surface area (Å²) >= 11 is 0. The van der Waals surface area contributed by atoms with Gasteiger partial charge in [-0.1, -0.05) is 37.3 Å². The van der Waals surface area contributed by atoms with Gasteiger partial charge in [0.2, 0.25) is 0 Å². The van der Waals surface area contributed by atoms with E-state index in [-0.39, 0.29) is 5.91 Å². The molecule has 118 valence electrons. The molecule has 0 saturated heterocycles. The van der Waals surface area contributed by atoms with Crippen LogP contribution >= 0.6 is 0 Å². The van der Waals surface area contributed by atoms with Crippen molar-refractivity contribution in [1.82, 2.24) is 14.7 Å². The Labute approximate surface area is 134 Å². The molecule has 1 amide bonds. The average Bonchev–Trinajstić information content (AvgIpc) is 2.93. The van der Waals surface area contributed by atoms with Crippen LogP contribution in [-0.2, 0) is 12.8 Å². The Morgan fingerprint density at radius 1 is 1.22 bits per heavy atom. The number of imidazole rings is 1. The van der Waals surface area contributed by atoms with Crippen LogP contribution in [0.1, 0.15) is 28.7 Å². The summed E-state index contributed by atoms with van der Waals surface area (Å²) < 4.78 is 15.0. The summed E-state index contributed by atoms with van der Waals surface area (Å²) in [6.45, 7) is 2.45. The second-order valence-corrected chi connectivity index (χ2v) is 5.33. The van der Waals surface area contributed by atoms with Gasteiger partial charge in [0.15, 0.2) is 0 Å². The van der Waals surface area contributed by atoms with Crippen LogP contribution in [0, 0.1) is 5.82 Å². The van der Waals surface area contributed by atoms with Crippen LogP contribution in [0.4, 0.5) is 4.39 Å². The van der Waals surface area contributed by atoms with E-state index in [2.05, 4.69) is 10.3 Å². The lowest BCUT2D eigenvalue weighted by Crippen LogP contribution is -2.27. The molecule has 0 aliphatic heterocycles. The lowest BCUT2D eigenvalue weighted by atomic mass is 10.1. The van der Waals surface area contributed by atoms with E-state index in [0.29, 0.717) is 30.0 Å². The highest BCUT2D eigenvalue weighted by Gasteiger charge is 2.18. The SMILES string of the molecule is CCc1nc2ccc(F)cn2c1C(=O)NCCc1ccccc1. The van der Waals surface area contributed by atoms with E-state index in [1.54, 1.807) is 6.07 Å². The van der Waals surface area contributed by atoms with E-state index in [0.717, 1.165) is 12.0 Å². The van der Waals surface area contributed by atoms with Gasteiger partial charge < -0.3 is 5.32 Å². The number of hydrogen-bond donors (Lipinski definition) is 1. The molecular formula is C18H18FN3O. The molecular weight excluding hydrogens is 293 g/mol. The van der Waals surface area contributed by atoms with Gasteiger partial charge in [-0.15, -0.1) is 0 Å². The molecule has 2 aromatic heterocycles. The highest BCUT2D eigenvalue weighted by atomic mass is 19.1. The van der Waals surface area contributed by atoms with Crippen LogP contribution in [0.2, 0.25) is 0 Å². The molecule has 5 heteroatoms. The molecule has 0 spiro atoms. The maximum absolute atomic E-state index is 13.5. The standard InChI is InChI=1S/C18H18FN3O/c1-2-15-17(22-12-14(19)8-9-16(22)21-15)18(23)20-11-10-13-6-4-3-5-7-13/h3-9,12H,2,10-11H2,1H3,(H,20,23). The van der Waals surface area contributed by atoms with Crippen molar-refractivity contribution in [2.24, 2.45) is 0 Å². The Hall–Kier alpha value is -2.69. The number of benzene rings is 1. The molecule has 0 aliphatic rings. The highest BCUT2D eigenvalue weighted by molar-refractivity contribution is 5.94. The van der Waals surface area contributed by atoms with Gasteiger partial charge in [-0.25, -0.2) is 9.37 Å². The van der Waals surface area contributed by atoms with Crippen molar-refractivity contribution in [3.63, 3.8) is 0 Å². The Bertz CT molecular complexity index is 827. The molecule has 4 nitrogen and oxygen atoms in total. The number of nitrogens with one attached hydrogen (secondary N) is 1. The van der Waals surface area contributed by atoms with Gasteiger partial charge in [-0.3, -0.25) is 9.20 Å². The zero-order valence-electron chi connectivity index (χ0n) is 12.9. The summed E-state index contributed by atoms with van der Waals surface area (Å²) in [7, 11) is 0.